The predicted octanol–water partition coefficient (Wildman–Crippen LogP) is 3.00. The van der Waals surface area contributed by atoms with Gasteiger partial charge in [0, 0.05) is 17.5 Å². The van der Waals surface area contributed by atoms with E-state index in [0.29, 0.717) is 5.56 Å². The van der Waals surface area contributed by atoms with Crippen LogP contribution in [-0.4, -0.2) is 11.1 Å². The number of benzene rings is 1. The Kier molecular flexibility index (Phi) is 4.53. The van der Waals surface area contributed by atoms with Crippen molar-refractivity contribution in [2.45, 2.75) is 18.9 Å². The molecule has 3 N–H and O–H groups in total. The Balaban J connectivity index is 2.90. The van der Waals surface area contributed by atoms with Crippen LogP contribution in [0, 0.1) is 5.82 Å². The van der Waals surface area contributed by atoms with Crippen molar-refractivity contribution >= 4 is 29.2 Å². The SMILES string of the molecule is NC(CCC(=O)O)c1cc(Cl)cc(F)c1Cl. The minimum atomic E-state index is -0.964. The fraction of sp³-hybridized carbons (Fsp3) is 0.300. The normalized spacial score (nSPS) is 12.5. The van der Waals surface area contributed by atoms with Crippen molar-refractivity contribution in [2.24, 2.45) is 5.73 Å². The summed E-state index contributed by atoms with van der Waals surface area (Å²) < 4.78 is 13.2. The summed E-state index contributed by atoms with van der Waals surface area (Å²) in [5, 5.41) is 8.57. The van der Waals surface area contributed by atoms with Crippen LogP contribution in [0.1, 0.15) is 24.4 Å². The average Bonchev–Trinajstić information content (AvgIpc) is 2.19. The van der Waals surface area contributed by atoms with Crippen LogP contribution >= 0.6 is 23.2 Å². The molecule has 0 saturated heterocycles. The van der Waals surface area contributed by atoms with Crippen molar-refractivity contribution in [3.63, 3.8) is 0 Å². The van der Waals surface area contributed by atoms with Crippen molar-refractivity contribution in [3.8, 4) is 0 Å². The molecule has 0 saturated carbocycles. The van der Waals surface area contributed by atoms with E-state index in [-0.39, 0.29) is 22.9 Å². The lowest BCUT2D eigenvalue weighted by Gasteiger charge is -2.13. The van der Waals surface area contributed by atoms with Crippen molar-refractivity contribution in [2.75, 3.05) is 0 Å². The van der Waals surface area contributed by atoms with Gasteiger partial charge in [0.1, 0.15) is 5.82 Å². The third-order valence-corrected chi connectivity index (χ3v) is 2.71. The number of rotatable bonds is 4. The van der Waals surface area contributed by atoms with Crippen LogP contribution in [0.25, 0.3) is 0 Å². The third-order valence-electron chi connectivity index (χ3n) is 2.09. The fourth-order valence-corrected chi connectivity index (χ4v) is 1.74. The average molecular weight is 266 g/mol. The first kappa shape index (κ1) is 13.2. The van der Waals surface area contributed by atoms with E-state index in [9.17, 15) is 9.18 Å². The van der Waals surface area contributed by atoms with Gasteiger partial charge in [0.2, 0.25) is 0 Å². The van der Waals surface area contributed by atoms with Gasteiger partial charge >= 0.3 is 5.97 Å². The first-order chi connectivity index (χ1) is 7.41. The number of aliphatic carboxylic acids is 1. The molecule has 3 nitrogen and oxygen atoms in total. The van der Waals surface area contributed by atoms with Crippen LogP contribution in [0.3, 0.4) is 0 Å². The molecule has 16 heavy (non-hydrogen) atoms. The van der Waals surface area contributed by atoms with Gasteiger partial charge in [0.05, 0.1) is 5.02 Å². The summed E-state index contributed by atoms with van der Waals surface area (Å²) in [6.45, 7) is 0. The van der Waals surface area contributed by atoms with Crippen LogP contribution in [0.4, 0.5) is 4.39 Å². The first-order valence-corrected chi connectivity index (χ1v) is 5.29. The molecule has 0 aliphatic carbocycles. The number of nitrogens with two attached hydrogens (primary N) is 1. The Hall–Kier alpha value is -0.840. The van der Waals surface area contributed by atoms with E-state index in [1.54, 1.807) is 0 Å². The maximum atomic E-state index is 13.2. The summed E-state index contributed by atoms with van der Waals surface area (Å²) >= 11 is 11.4. The molecule has 1 unspecified atom stereocenters. The number of hydrogen-bond acceptors (Lipinski definition) is 2. The Morgan fingerprint density at radius 2 is 2.12 bits per heavy atom. The zero-order valence-electron chi connectivity index (χ0n) is 8.21. The molecule has 0 bridgehead atoms. The number of carboxylic acids is 1. The monoisotopic (exact) mass is 265 g/mol. The molecule has 1 rings (SSSR count). The summed E-state index contributed by atoms with van der Waals surface area (Å²) in [6, 6.07) is 1.88. The smallest absolute Gasteiger partial charge is 0.303 e. The van der Waals surface area contributed by atoms with Crippen LogP contribution in [0.2, 0.25) is 10.0 Å². The molecule has 0 radical (unpaired) electrons. The molecule has 0 fully saturated rings. The van der Waals surface area contributed by atoms with Crippen LogP contribution in [-0.2, 0) is 4.79 Å². The topological polar surface area (TPSA) is 63.3 Å². The third kappa shape index (κ3) is 3.33. The van der Waals surface area contributed by atoms with E-state index >= 15 is 0 Å². The molecule has 0 aliphatic rings. The van der Waals surface area contributed by atoms with Crippen molar-refractivity contribution in [1.29, 1.82) is 0 Å². The number of carbonyl (C=O) groups is 1. The summed E-state index contributed by atoms with van der Waals surface area (Å²) in [4.78, 5) is 10.4. The van der Waals surface area contributed by atoms with Gasteiger partial charge in [-0.15, -0.1) is 0 Å². The number of hydrogen-bond donors (Lipinski definition) is 2. The first-order valence-electron chi connectivity index (χ1n) is 4.53. The quantitative estimate of drug-likeness (QED) is 0.823. The Morgan fingerprint density at radius 1 is 1.50 bits per heavy atom. The minimum absolute atomic E-state index is 0.106. The number of halogens is 3. The van der Waals surface area contributed by atoms with Gasteiger partial charge in [-0.05, 0) is 24.1 Å². The Morgan fingerprint density at radius 3 is 2.69 bits per heavy atom. The second-order valence-corrected chi connectivity index (χ2v) is 4.14. The predicted molar refractivity (Wildman–Crippen MR) is 60.2 cm³/mol. The Labute approximate surface area is 102 Å². The highest BCUT2D eigenvalue weighted by Crippen LogP contribution is 2.30. The van der Waals surface area contributed by atoms with Crippen LogP contribution in [0.15, 0.2) is 12.1 Å². The molecule has 1 atom stereocenters. The molecule has 0 aromatic heterocycles. The molecule has 0 spiro atoms. The molecule has 88 valence electrons. The maximum Gasteiger partial charge on any atom is 0.303 e. The molecular weight excluding hydrogens is 256 g/mol. The highest BCUT2D eigenvalue weighted by molar-refractivity contribution is 6.33. The van der Waals surface area contributed by atoms with Gasteiger partial charge in [0.15, 0.2) is 0 Å². The highest BCUT2D eigenvalue weighted by Gasteiger charge is 2.15. The van der Waals surface area contributed by atoms with Crippen LogP contribution in [0.5, 0.6) is 0 Å². The molecule has 0 amide bonds. The molecule has 0 aliphatic heterocycles. The lowest BCUT2D eigenvalue weighted by atomic mass is 10.0. The van der Waals surface area contributed by atoms with Gasteiger partial charge in [-0.1, -0.05) is 23.2 Å². The van der Waals surface area contributed by atoms with E-state index in [2.05, 4.69) is 0 Å². The molecule has 6 heteroatoms. The van der Waals surface area contributed by atoms with E-state index in [1.165, 1.54) is 6.07 Å². The second-order valence-electron chi connectivity index (χ2n) is 3.33. The molecule has 1 aromatic carbocycles. The summed E-state index contributed by atoms with van der Waals surface area (Å²) in [5.74, 6) is -1.62. The zero-order valence-corrected chi connectivity index (χ0v) is 9.72. The van der Waals surface area contributed by atoms with Gasteiger partial charge < -0.3 is 10.8 Å². The van der Waals surface area contributed by atoms with E-state index in [4.69, 9.17) is 34.0 Å². The Bertz CT molecular complexity index is 412. The standard InChI is InChI=1S/C10H10Cl2FNO2/c11-5-3-6(10(12)7(13)4-5)8(14)1-2-9(15)16/h3-4,8H,1-2,14H2,(H,15,16). The minimum Gasteiger partial charge on any atom is -0.481 e. The van der Waals surface area contributed by atoms with Gasteiger partial charge in [-0.3, -0.25) is 4.79 Å². The summed E-state index contributed by atoms with van der Waals surface area (Å²) in [6.07, 6.45) is 0.0699. The van der Waals surface area contributed by atoms with Gasteiger partial charge in [0.25, 0.3) is 0 Å². The van der Waals surface area contributed by atoms with E-state index < -0.39 is 17.8 Å². The van der Waals surface area contributed by atoms with Crippen LogP contribution < -0.4 is 5.73 Å². The lowest BCUT2D eigenvalue weighted by molar-refractivity contribution is -0.137. The van der Waals surface area contributed by atoms with E-state index in [1.807, 2.05) is 0 Å². The van der Waals surface area contributed by atoms with Gasteiger partial charge in [-0.2, -0.15) is 0 Å². The molecule has 1 aromatic rings. The zero-order chi connectivity index (χ0) is 12.3. The van der Waals surface area contributed by atoms with Crippen molar-refractivity contribution in [3.05, 3.63) is 33.6 Å². The molecular formula is C10H10Cl2FNO2. The number of carboxylic acid groups (broad SMARTS) is 1. The maximum absolute atomic E-state index is 13.2. The highest BCUT2D eigenvalue weighted by atomic mass is 35.5. The summed E-state index contributed by atoms with van der Waals surface area (Å²) in [5.41, 5.74) is 6.04. The van der Waals surface area contributed by atoms with Crippen molar-refractivity contribution < 1.29 is 14.3 Å². The lowest BCUT2D eigenvalue weighted by Crippen LogP contribution is -2.13. The largest absolute Gasteiger partial charge is 0.481 e. The molecule has 0 heterocycles. The van der Waals surface area contributed by atoms with Gasteiger partial charge in [-0.25, -0.2) is 4.39 Å². The fourth-order valence-electron chi connectivity index (χ4n) is 1.28. The van der Waals surface area contributed by atoms with E-state index in [0.717, 1.165) is 6.07 Å². The summed E-state index contributed by atoms with van der Waals surface area (Å²) in [7, 11) is 0. The second kappa shape index (κ2) is 5.48. The van der Waals surface area contributed by atoms with Crippen molar-refractivity contribution in [1.82, 2.24) is 0 Å².